The highest BCUT2D eigenvalue weighted by atomic mass is 32.2. The average Bonchev–Trinajstić information content (AvgIpc) is 2.91. The number of rotatable bonds is 7. The maximum atomic E-state index is 12.6. The van der Waals surface area contributed by atoms with Crippen molar-refractivity contribution in [1.82, 2.24) is 9.88 Å². The number of nitrogens with one attached hydrogen (secondary N) is 1. The van der Waals surface area contributed by atoms with E-state index >= 15 is 0 Å². The molecule has 0 aliphatic carbocycles. The second-order valence-corrected chi connectivity index (χ2v) is 11.0. The molecule has 1 unspecified atom stereocenters. The molecule has 1 aromatic rings. The number of ether oxygens (including phenoxy) is 1. The lowest BCUT2D eigenvalue weighted by atomic mass is 9.92. The Hall–Kier alpha value is -2.13. The lowest BCUT2D eigenvalue weighted by Crippen LogP contribution is -2.45. The van der Waals surface area contributed by atoms with Crippen LogP contribution in [0, 0.1) is 5.92 Å². The minimum Gasteiger partial charge on any atom is -0.444 e. The smallest absolute Gasteiger partial charge is 0.410 e. The van der Waals surface area contributed by atoms with Gasteiger partial charge >= 0.3 is 6.09 Å². The van der Waals surface area contributed by atoms with Crippen LogP contribution in [0.5, 0.6) is 0 Å². The van der Waals surface area contributed by atoms with Gasteiger partial charge in [0.15, 0.2) is 5.03 Å². The Morgan fingerprint density at radius 1 is 1.47 bits per heavy atom. The summed E-state index contributed by atoms with van der Waals surface area (Å²) in [4.78, 5) is 18.5. The number of primary sulfonamides is 1. The summed E-state index contributed by atoms with van der Waals surface area (Å²) in [5, 5.41) is 8.17. The molecule has 1 saturated heterocycles. The van der Waals surface area contributed by atoms with Gasteiger partial charge in [-0.25, -0.2) is 23.3 Å². The van der Waals surface area contributed by atoms with Crippen LogP contribution >= 0.6 is 0 Å². The monoisotopic (exact) mass is 438 g/mol. The Morgan fingerprint density at radius 2 is 2.13 bits per heavy atom. The molecule has 1 fully saturated rings. The molecule has 0 bridgehead atoms. The Bertz CT molecular complexity index is 877. The number of hydrogen-bond acceptors (Lipinski definition) is 6. The highest BCUT2D eigenvalue weighted by molar-refractivity contribution is 7.89. The third kappa shape index (κ3) is 6.70. The van der Waals surface area contributed by atoms with E-state index in [0.717, 1.165) is 19.3 Å². The van der Waals surface area contributed by atoms with Crippen LogP contribution in [0.2, 0.25) is 0 Å². The maximum Gasteiger partial charge on any atom is 0.410 e. The number of carbonyl (C=O) groups is 1. The summed E-state index contributed by atoms with van der Waals surface area (Å²) in [6.45, 7) is 14.2. The quantitative estimate of drug-likeness (QED) is 0.630. The fourth-order valence-corrected chi connectivity index (χ4v) is 4.22. The van der Waals surface area contributed by atoms with E-state index in [9.17, 15) is 13.2 Å². The Morgan fingerprint density at radius 3 is 2.70 bits per heavy atom. The molecule has 2 heterocycles. The summed E-state index contributed by atoms with van der Waals surface area (Å²) in [5.41, 5.74) is -0.795. The molecule has 1 aliphatic rings. The van der Waals surface area contributed by atoms with Crippen molar-refractivity contribution in [3.05, 3.63) is 30.9 Å². The lowest BCUT2D eigenvalue weighted by Gasteiger charge is -2.33. The van der Waals surface area contributed by atoms with E-state index in [1.807, 2.05) is 25.7 Å². The van der Waals surface area contributed by atoms with Gasteiger partial charge in [0.05, 0.1) is 0 Å². The van der Waals surface area contributed by atoms with Gasteiger partial charge in [0.2, 0.25) is 0 Å². The number of pyridine rings is 1. The number of sulfonamides is 1. The molecule has 30 heavy (non-hydrogen) atoms. The summed E-state index contributed by atoms with van der Waals surface area (Å²) in [6, 6.07) is 4.54. The first-order valence-corrected chi connectivity index (χ1v) is 11.7. The number of aromatic nitrogens is 1. The zero-order chi connectivity index (χ0) is 22.7. The first kappa shape index (κ1) is 24.1. The van der Waals surface area contributed by atoms with Crippen molar-refractivity contribution in [3.63, 3.8) is 0 Å². The molecule has 168 valence electrons. The highest BCUT2D eigenvalue weighted by Gasteiger charge is 2.42. The van der Waals surface area contributed by atoms with Gasteiger partial charge in [0.1, 0.15) is 11.4 Å². The van der Waals surface area contributed by atoms with Crippen LogP contribution in [0.3, 0.4) is 0 Å². The lowest BCUT2D eigenvalue weighted by molar-refractivity contribution is 0.0131. The third-order valence-electron chi connectivity index (χ3n) is 5.09. The maximum absolute atomic E-state index is 12.6. The van der Waals surface area contributed by atoms with Gasteiger partial charge in [-0.15, -0.1) is 6.58 Å². The fraction of sp³-hybridized carbons (Fsp3) is 0.619. The molecule has 0 aromatic carbocycles. The van der Waals surface area contributed by atoms with Crippen molar-refractivity contribution in [2.75, 3.05) is 11.9 Å². The standard InChI is InChI=1S/C21H34N4O4S/c1-7-16(23-17-9-8-10-18(24-17)30(22,27)28)12-11-15-13-21(5,6)25(14-15)19(26)29-20(2,3)4/h7-10,15-16H,1,11-14H2,2-6H3,(H,23,24)(H2,22,27,28)/t15-,16?/m0/s1. The van der Waals surface area contributed by atoms with E-state index in [0.29, 0.717) is 18.3 Å². The molecular formula is C21H34N4O4S. The summed E-state index contributed by atoms with van der Waals surface area (Å²) in [6.07, 6.45) is 4.03. The topological polar surface area (TPSA) is 115 Å². The normalized spacial score (nSPS) is 19.9. The molecule has 1 amide bonds. The second kappa shape index (κ2) is 8.93. The molecule has 3 N–H and O–H groups in total. The zero-order valence-corrected chi connectivity index (χ0v) is 19.3. The number of amides is 1. The Kier molecular flexibility index (Phi) is 7.19. The van der Waals surface area contributed by atoms with Crippen LogP contribution in [-0.4, -0.2) is 48.1 Å². The van der Waals surface area contributed by atoms with Gasteiger partial charge in [0, 0.05) is 18.1 Å². The predicted molar refractivity (Wildman–Crippen MR) is 118 cm³/mol. The van der Waals surface area contributed by atoms with Crippen LogP contribution in [0.25, 0.3) is 0 Å². The van der Waals surface area contributed by atoms with E-state index in [-0.39, 0.29) is 22.7 Å². The minimum absolute atomic E-state index is 0.0908. The average molecular weight is 439 g/mol. The van der Waals surface area contributed by atoms with Crippen LogP contribution in [0.15, 0.2) is 35.9 Å². The van der Waals surface area contributed by atoms with Crippen LogP contribution in [0.1, 0.15) is 53.9 Å². The van der Waals surface area contributed by atoms with E-state index in [2.05, 4.69) is 30.7 Å². The van der Waals surface area contributed by atoms with Gasteiger partial charge in [0.25, 0.3) is 10.0 Å². The van der Waals surface area contributed by atoms with Crippen molar-refractivity contribution < 1.29 is 17.9 Å². The molecule has 2 rings (SSSR count). The minimum atomic E-state index is -3.86. The van der Waals surface area contributed by atoms with Gasteiger partial charge in [-0.2, -0.15) is 0 Å². The van der Waals surface area contributed by atoms with Crippen molar-refractivity contribution in [1.29, 1.82) is 0 Å². The number of nitrogens with two attached hydrogens (primary N) is 1. The zero-order valence-electron chi connectivity index (χ0n) is 18.5. The van der Waals surface area contributed by atoms with E-state index in [1.54, 1.807) is 18.2 Å². The van der Waals surface area contributed by atoms with Crippen LogP contribution in [-0.2, 0) is 14.8 Å². The van der Waals surface area contributed by atoms with E-state index in [4.69, 9.17) is 9.88 Å². The number of carbonyl (C=O) groups excluding carboxylic acids is 1. The number of anilines is 1. The molecule has 1 aromatic heterocycles. The number of nitrogens with zero attached hydrogens (tertiary/aromatic N) is 2. The van der Waals surface area contributed by atoms with Crippen molar-refractivity contribution >= 4 is 21.9 Å². The summed E-state index contributed by atoms with van der Waals surface area (Å²) in [7, 11) is -3.86. The van der Waals surface area contributed by atoms with E-state index < -0.39 is 15.6 Å². The van der Waals surface area contributed by atoms with Crippen LogP contribution in [0.4, 0.5) is 10.6 Å². The molecule has 1 aliphatic heterocycles. The molecule has 9 heteroatoms. The second-order valence-electron chi connectivity index (χ2n) is 9.44. The van der Waals surface area contributed by atoms with E-state index in [1.165, 1.54) is 6.07 Å². The summed E-state index contributed by atoms with van der Waals surface area (Å²) < 4.78 is 28.6. The molecule has 0 spiro atoms. The SMILES string of the molecule is C=CC(CC[C@@H]1CN(C(=O)OC(C)(C)C)C(C)(C)C1)Nc1cccc(S(N)(=O)=O)n1. The van der Waals surface area contributed by atoms with Gasteiger partial charge < -0.3 is 15.0 Å². The molecule has 2 atom stereocenters. The van der Waals surface area contributed by atoms with Gasteiger partial charge in [-0.1, -0.05) is 12.1 Å². The first-order chi connectivity index (χ1) is 13.7. The molecule has 0 saturated carbocycles. The molecule has 8 nitrogen and oxygen atoms in total. The van der Waals surface area contributed by atoms with Crippen molar-refractivity contribution in [3.8, 4) is 0 Å². The summed E-state index contributed by atoms with van der Waals surface area (Å²) >= 11 is 0. The van der Waals surface area contributed by atoms with Crippen LogP contribution < -0.4 is 10.5 Å². The first-order valence-electron chi connectivity index (χ1n) is 10.1. The fourth-order valence-electron chi connectivity index (χ4n) is 3.73. The van der Waals surface area contributed by atoms with Gasteiger partial charge in [-0.3, -0.25) is 0 Å². The molecule has 0 radical (unpaired) electrons. The number of likely N-dealkylation sites (tertiary alicyclic amines) is 1. The van der Waals surface area contributed by atoms with Crippen molar-refractivity contribution in [2.45, 2.75) is 76.1 Å². The largest absolute Gasteiger partial charge is 0.444 e. The van der Waals surface area contributed by atoms with Gasteiger partial charge in [-0.05, 0) is 71.9 Å². The molecular weight excluding hydrogens is 404 g/mol. The third-order valence-corrected chi connectivity index (χ3v) is 5.90. The summed E-state index contributed by atoms with van der Waals surface area (Å²) in [5.74, 6) is 0.758. The number of hydrogen-bond donors (Lipinski definition) is 2. The Labute approximate surface area is 179 Å². The highest BCUT2D eigenvalue weighted by Crippen LogP contribution is 2.36. The Balaban J connectivity index is 1.97. The van der Waals surface area contributed by atoms with Crippen molar-refractivity contribution in [2.24, 2.45) is 11.1 Å². The predicted octanol–water partition coefficient (Wildman–Crippen LogP) is 3.51.